The van der Waals surface area contributed by atoms with Crippen LogP contribution in [0.5, 0.6) is 0 Å². The topological polar surface area (TPSA) is 38.0 Å². The molecule has 0 aliphatic carbocycles. The zero-order chi connectivity index (χ0) is 14.5. The lowest BCUT2D eigenvalue weighted by Crippen LogP contribution is -2.20. The number of hydrogen-bond acceptors (Lipinski definition) is 2. The summed E-state index contributed by atoms with van der Waals surface area (Å²) in [5.74, 6) is 0.554. The van der Waals surface area contributed by atoms with E-state index in [1.165, 1.54) is 11.1 Å². The van der Waals surface area contributed by atoms with Crippen molar-refractivity contribution in [2.75, 3.05) is 11.9 Å². The molecule has 0 radical (unpaired) electrons. The zero-order valence-corrected chi connectivity index (χ0v) is 13.5. The second kappa shape index (κ2) is 6.91. The van der Waals surface area contributed by atoms with Gasteiger partial charge in [0.15, 0.2) is 0 Å². The average molecular weight is 333 g/mol. The minimum atomic E-state index is 0.130. The maximum atomic E-state index is 5.91. The summed E-state index contributed by atoms with van der Waals surface area (Å²) in [4.78, 5) is 0. The van der Waals surface area contributed by atoms with Crippen LogP contribution in [0, 0.1) is 0 Å². The Morgan fingerprint density at radius 2 is 1.70 bits per heavy atom. The van der Waals surface area contributed by atoms with Gasteiger partial charge in [0.05, 0.1) is 6.04 Å². The van der Waals surface area contributed by atoms with Crippen LogP contribution < -0.4 is 11.1 Å². The summed E-state index contributed by atoms with van der Waals surface area (Å²) in [6.45, 7) is 4.97. The third-order valence-electron chi connectivity index (χ3n) is 3.41. The van der Waals surface area contributed by atoms with Crippen molar-refractivity contribution in [1.82, 2.24) is 0 Å². The summed E-state index contributed by atoms with van der Waals surface area (Å²) in [7, 11) is 0. The maximum Gasteiger partial charge on any atom is 0.0636 e. The van der Waals surface area contributed by atoms with Gasteiger partial charge in [-0.1, -0.05) is 60.1 Å². The van der Waals surface area contributed by atoms with Crippen LogP contribution >= 0.6 is 15.9 Å². The quantitative estimate of drug-likeness (QED) is 0.833. The first-order valence-corrected chi connectivity index (χ1v) is 7.71. The van der Waals surface area contributed by atoms with Crippen molar-refractivity contribution in [3.63, 3.8) is 0 Å². The van der Waals surface area contributed by atoms with Crippen LogP contribution in [0.3, 0.4) is 0 Å². The highest BCUT2D eigenvalue weighted by atomic mass is 79.9. The Balaban J connectivity index is 2.15. The molecule has 0 bridgehead atoms. The van der Waals surface area contributed by atoms with Crippen LogP contribution in [0.2, 0.25) is 0 Å². The lowest BCUT2D eigenvalue weighted by atomic mass is 9.99. The van der Waals surface area contributed by atoms with E-state index in [0.717, 1.165) is 10.2 Å². The van der Waals surface area contributed by atoms with Crippen molar-refractivity contribution in [2.45, 2.75) is 25.8 Å². The number of benzene rings is 2. The van der Waals surface area contributed by atoms with E-state index in [1.807, 2.05) is 12.1 Å². The molecule has 0 aliphatic rings. The molecular formula is C17H21BrN2. The third kappa shape index (κ3) is 3.84. The van der Waals surface area contributed by atoms with Gasteiger partial charge in [0.2, 0.25) is 0 Å². The highest BCUT2D eigenvalue weighted by molar-refractivity contribution is 9.10. The normalized spacial score (nSPS) is 12.4. The summed E-state index contributed by atoms with van der Waals surface area (Å²) >= 11 is 3.48. The van der Waals surface area contributed by atoms with Gasteiger partial charge in [-0.25, -0.2) is 0 Å². The summed E-state index contributed by atoms with van der Waals surface area (Å²) in [6.07, 6.45) is 0. The Kier molecular flexibility index (Phi) is 5.21. The van der Waals surface area contributed by atoms with Gasteiger partial charge in [0.25, 0.3) is 0 Å². The van der Waals surface area contributed by atoms with E-state index in [1.54, 1.807) is 0 Å². The van der Waals surface area contributed by atoms with Crippen LogP contribution in [0.4, 0.5) is 5.69 Å². The van der Waals surface area contributed by atoms with Crippen LogP contribution in [0.15, 0.2) is 53.0 Å². The lowest BCUT2D eigenvalue weighted by molar-refractivity contribution is 0.786. The molecule has 0 aliphatic heterocycles. The Hall–Kier alpha value is -1.32. The van der Waals surface area contributed by atoms with Gasteiger partial charge in [-0.2, -0.15) is 0 Å². The minimum absolute atomic E-state index is 0.130. The number of hydrogen-bond donors (Lipinski definition) is 2. The van der Waals surface area contributed by atoms with E-state index in [-0.39, 0.29) is 6.04 Å². The number of nitrogens with one attached hydrogen (secondary N) is 1. The molecule has 0 amide bonds. The molecule has 0 spiro atoms. The number of halogens is 1. The van der Waals surface area contributed by atoms with E-state index < -0.39 is 0 Å². The fraction of sp³-hybridized carbons (Fsp3) is 0.294. The van der Waals surface area contributed by atoms with Crippen molar-refractivity contribution in [1.29, 1.82) is 0 Å². The predicted molar refractivity (Wildman–Crippen MR) is 90.1 cm³/mol. The van der Waals surface area contributed by atoms with Crippen molar-refractivity contribution < 1.29 is 0 Å². The van der Waals surface area contributed by atoms with Gasteiger partial charge in [0, 0.05) is 16.7 Å². The fourth-order valence-electron chi connectivity index (χ4n) is 2.17. The monoisotopic (exact) mass is 332 g/mol. The van der Waals surface area contributed by atoms with Gasteiger partial charge < -0.3 is 11.1 Å². The van der Waals surface area contributed by atoms with Crippen molar-refractivity contribution in [2.24, 2.45) is 5.73 Å². The first-order valence-electron chi connectivity index (χ1n) is 6.92. The molecule has 0 heterocycles. The second-order valence-electron chi connectivity index (χ2n) is 5.26. The van der Waals surface area contributed by atoms with Gasteiger partial charge in [-0.3, -0.25) is 0 Å². The summed E-state index contributed by atoms with van der Waals surface area (Å²) in [5, 5.41) is 3.48. The summed E-state index contributed by atoms with van der Waals surface area (Å²) < 4.78 is 1.06. The molecule has 106 valence electrons. The van der Waals surface area contributed by atoms with Crippen molar-refractivity contribution in [3.8, 4) is 0 Å². The van der Waals surface area contributed by atoms with E-state index in [9.17, 15) is 0 Å². The molecule has 3 heteroatoms. The minimum Gasteiger partial charge on any atom is -0.377 e. The van der Waals surface area contributed by atoms with Gasteiger partial charge in [0.1, 0.15) is 0 Å². The molecular weight excluding hydrogens is 312 g/mol. The highest BCUT2D eigenvalue weighted by Crippen LogP contribution is 2.23. The molecule has 2 aromatic rings. The third-order valence-corrected chi connectivity index (χ3v) is 3.90. The van der Waals surface area contributed by atoms with Crippen molar-refractivity contribution >= 4 is 21.6 Å². The Morgan fingerprint density at radius 1 is 1.05 bits per heavy atom. The van der Waals surface area contributed by atoms with Crippen LogP contribution in [0.1, 0.15) is 36.9 Å². The fourth-order valence-corrected chi connectivity index (χ4v) is 2.57. The van der Waals surface area contributed by atoms with E-state index in [4.69, 9.17) is 5.73 Å². The number of nitrogens with two attached hydrogens (primary N) is 1. The largest absolute Gasteiger partial charge is 0.377 e. The molecule has 1 atom stereocenters. The van der Waals surface area contributed by atoms with Crippen LogP contribution in [0.25, 0.3) is 0 Å². The molecule has 0 saturated carbocycles. The molecule has 0 fully saturated rings. The Bertz CT molecular complexity index is 549. The predicted octanol–water partition coefficient (Wildman–Crippen LogP) is 4.68. The number of anilines is 1. The van der Waals surface area contributed by atoms with E-state index >= 15 is 0 Å². The molecule has 2 aromatic carbocycles. The van der Waals surface area contributed by atoms with E-state index in [2.05, 4.69) is 71.5 Å². The molecule has 0 saturated heterocycles. The Morgan fingerprint density at radius 3 is 2.25 bits per heavy atom. The van der Waals surface area contributed by atoms with Gasteiger partial charge >= 0.3 is 0 Å². The molecule has 3 N–H and O–H groups in total. The summed E-state index contributed by atoms with van der Waals surface area (Å²) in [6, 6.07) is 17.0. The zero-order valence-electron chi connectivity index (χ0n) is 11.9. The standard InChI is InChI=1S/C17H21BrN2/c1-12(2)13-6-8-14(9-7-13)17(11-19)20-16-5-3-4-15(18)10-16/h3-10,12,17,20H,11,19H2,1-2H3. The second-order valence-corrected chi connectivity index (χ2v) is 6.18. The molecule has 2 rings (SSSR count). The van der Waals surface area contributed by atoms with E-state index in [0.29, 0.717) is 12.5 Å². The number of rotatable bonds is 5. The molecule has 20 heavy (non-hydrogen) atoms. The van der Waals surface area contributed by atoms with Crippen molar-refractivity contribution in [3.05, 3.63) is 64.1 Å². The van der Waals surface area contributed by atoms with Crippen LogP contribution in [-0.4, -0.2) is 6.54 Å². The molecule has 0 aromatic heterocycles. The first-order chi connectivity index (χ1) is 9.60. The smallest absolute Gasteiger partial charge is 0.0636 e. The average Bonchev–Trinajstić information content (AvgIpc) is 2.45. The summed E-state index contributed by atoms with van der Waals surface area (Å²) in [5.41, 5.74) is 9.56. The highest BCUT2D eigenvalue weighted by Gasteiger charge is 2.10. The Labute approximate surface area is 129 Å². The maximum absolute atomic E-state index is 5.91. The van der Waals surface area contributed by atoms with Gasteiger partial charge in [-0.05, 0) is 35.2 Å². The SMILES string of the molecule is CC(C)c1ccc(C(CN)Nc2cccc(Br)c2)cc1. The lowest BCUT2D eigenvalue weighted by Gasteiger charge is -2.19. The van der Waals surface area contributed by atoms with Crippen LogP contribution in [-0.2, 0) is 0 Å². The molecule has 2 nitrogen and oxygen atoms in total. The molecule has 1 unspecified atom stereocenters. The first kappa shape index (κ1) is 15.1. The van der Waals surface area contributed by atoms with Gasteiger partial charge in [-0.15, -0.1) is 0 Å².